The van der Waals surface area contributed by atoms with Gasteiger partial charge in [-0.2, -0.15) is 0 Å². The summed E-state index contributed by atoms with van der Waals surface area (Å²) >= 11 is 5.75. The van der Waals surface area contributed by atoms with Crippen LogP contribution in [0.4, 0.5) is 5.69 Å². The van der Waals surface area contributed by atoms with E-state index in [0.29, 0.717) is 5.75 Å². The lowest BCUT2D eigenvalue weighted by molar-refractivity contribution is -0.385. The van der Waals surface area contributed by atoms with Crippen molar-refractivity contribution < 1.29 is 17.6 Å². The van der Waals surface area contributed by atoms with E-state index in [1.54, 1.807) is 6.92 Å². The van der Waals surface area contributed by atoms with E-state index in [1.807, 2.05) is 0 Å². The van der Waals surface area contributed by atoms with Crippen LogP contribution in [0, 0.1) is 10.1 Å². The van der Waals surface area contributed by atoms with Gasteiger partial charge < -0.3 is 0 Å². The monoisotopic (exact) mass is 340 g/mol. The third kappa shape index (κ3) is 4.51. The highest BCUT2D eigenvalue weighted by Gasteiger charge is 2.21. The number of hydrogen-bond acceptors (Lipinski definition) is 5. The summed E-state index contributed by atoms with van der Waals surface area (Å²) in [5.74, 6) is 0.599. The van der Waals surface area contributed by atoms with Crippen molar-refractivity contribution in [3.63, 3.8) is 0 Å². The quantitative estimate of drug-likeness (QED) is 0.594. The Balaban J connectivity index is 2.94. The third-order valence-electron chi connectivity index (χ3n) is 2.36. The number of sulfonamides is 1. The lowest BCUT2D eigenvalue weighted by Gasteiger charge is -2.07. The Hall–Kier alpha value is -1.03. The topological polar surface area (TPSA) is 106 Å². The summed E-state index contributed by atoms with van der Waals surface area (Å²) in [6.07, 6.45) is 0. The predicted molar refractivity (Wildman–Crippen MR) is 76.8 cm³/mol. The zero-order chi connectivity index (χ0) is 15.3. The van der Waals surface area contributed by atoms with Gasteiger partial charge in [-0.3, -0.25) is 14.3 Å². The summed E-state index contributed by atoms with van der Waals surface area (Å²) in [5.41, 5.74) is -0.369. The zero-order valence-corrected chi connectivity index (χ0v) is 12.9. The van der Waals surface area contributed by atoms with Crippen LogP contribution in [-0.4, -0.2) is 35.6 Å². The van der Waals surface area contributed by atoms with Crippen molar-refractivity contribution in [3.05, 3.63) is 33.3 Å². The van der Waals surface area contributed by atoms with Gasteiger partial charge in [0, 0.05) is 41.0 Å². The Morgan fingerprint density at radius 3 is 2.65 bits per heavy atom. The first-order valence-corrected chi connectivity index (χ1v) is 8.91. The average molecular weight is 341 g/mol. The summed E-state index contributed by atoms with van der Waals surface area (Å²) in [7, 11) is -5.07. The van der Waals surface area contributed by atoms with Crippen molar-refractivity contribution in [1.82, 2.24) is 4.72 Å². The Labute approximate surface area is 124 Å². The van der Waals surface area contributed by atoms with Crippen LogP contribution in [0.1, 0.15) is 6.92 Å². The average Bonchev–Trinajstić information content (AvgIpc) is 2.38. The van der Waals surface area contributed by atoms with Crippen molar-refractivity contribution in [2.75, 3.05) is 18.1 Å². The molecule has 0 aliphatic carbocycles. The van der Waals surface area contributed by atoms with Crippen LogP contribution in [0.5, 0.6) is 0 Å². The second kappa shape index (κ2) is 7.11. The van der Waals surface area contributed by atoms with Gasteiger partial charge in [0.2, 0.25) is 10.0 Å². The van der Waals surface area contributed by atoms with Crippen LogP contribution in [0.3, 0.4) is 0 Å². The van der Waals surface area contributed by atoms with Crippen molar-refractivity contribution in [2.45, 2.75) is 11.8 Å². The molecule has 10 heteroatoms. The molecule has 0 bridgehead atoms. The first kappa shape index (κ1) is 17.0. The maximum absolute atomic E-state index is 12.0. The van der Waals surface area contributed by atoms with Crippen molar-refractivity contribution in [2.24, 2.45) is 0 Å². The summed E-state index contributed by atoms with van der Waals surface area (Å²) in [6, 6.07) is 3.16. The van der Waals surface area contributed by atoms with E-state index in [4.69, 9.17) is 11.6 Å². The number of nitrogens with zero attached hydrogens (tertiary/aromatic N) is 1. The number of nitro benzene ring substituents is 1. The number of hydrogen-bond donors (Lipinski definition) is 1. The zero-order valence-electron chi connectivity index (χ0n) is 10.5. The van der Waals surface area contributed by atoms with Crippen LogP contribution in [0.15, 0.2) is 23.1 Å². The predicted octanol–water partition coefficient (Wildman–Crippen LogP) is 1.30. The van der Waals surface area contributed by atoms with Crippen LogP contribution in [0.2, 0.25) is 5.02 Å². The van der Waals surface area contributed by atoms with E-state index in [0.717, 1.165) is 18.2 Å². The summed E-state index contributed by atoms with van der Waals surface area (Å²) in [5, 5.41) is 10.5. The Morgan fingerprint density at radius 2 is 2.10 bits per heavy atom. The molecule has 7 nitrogen and oxygen atoms in total. The standard InChI is InChI=1S/C10H13ClN2O5S2/c1-2-19(16)6-5-12-20(17,18)10-7-8(13(14)15)3-4-9(10)11/h3-4,7,12H,2,5-6H2,1H3. The first-order chi connectivity index (χ1) is 9.27. The van der Waals surface area contributed by atoms with E-state index >= 15 is 0 Å². The van der Waals surface area contributed by atoms with Crippen molar-refractivity contribution in [3.8, 4) is 0 Å². The lowest BCUT2D eigenvalue weighted by Crippen LogP contribution is -2.28. The molecule has 20 heavy (non-hydrogen) atoms. The molecule has 0 fully saturated rings. The molecule has 0 spiro atoms. The molecule has 1 aromatic carbocycles. The van der Waals surface area contributed by atoms with Crippen molar-refractivity contribution in [1.29, 1.82) is 0 Å². The van der Waals surface area contributed by atoms with E-state index in [9.17, 15) is 22.7 Å². The van der Waals surface area contributed by atoms with Crippen LogP contribution in [-0.2, 0) is 20.8 Å². The highest BCUT2D eigenvalue weighted by Crippen LogP contribution is 2.25. The highest BCUT2D eigenvalue weighted by molar-refractivity contribution is 7.89. The molecule has 0 amide bonds. The van der Waals surface area contributed by atoms with Crippen LogP contribution < -0.4 is 4.72 Å². The number of nitro groups is 1. The fraction of sp³-hybridized carbons (Fsp3) is 0.400. The van der Waals surface area contributed by atoms with Crippen LogP contribution in [0.25, 0.3) is 0 Å². The van der Waals surface area contributed by atoms with Gasteiger partial charge in [-0.1, -0.05) is 18.5 Å². The minimum atomic E-state index is -3.97. The normalized spacial score (nSPS) is 13.1. The van der Waals surface area contributed by atoms with Gasteiger partial charge in [0.15, 0.2) is 0 Å². The summed E-state index contributed by atoms with van der Waals surface area (Å²) in [6.45, 7) is 1.70. The van der Waals surface area contributed by atoms with E-state index in [2.05, 4.69) is 4.72 Å². The minimum absolute atomic E-state index is 0.0260. The van der Waals surface area contributed by atoms with Crippen LogP contribution >= 0.6 is 11.6 Å². The Bertz CT molecular complexity index is 633. The molecule has 0 saturated carbocycles. The van der Waals surface area contributed by atoms with Gasteiger partial charge in [-0.15, -0.1) is 0 Å². The second-order valence-electron chi connectivity index (χ2n) is 3.70. The molecular formula is C10H13ClN2O5S2. The van der Waals surface area contributed by atoms with Gasteiger partial charge >= 0.3 is 0 Å². The third-order valence-corrected chi connectivity index (χ3v) is 5.60. The molecule has 1 rings (SSSR count). The molecule has 0 heterocycles. The molecule has 0 radical (unpaired) electrons. The number of halogens is 1. The lowest BCUT2D eigenvalue weighted by atomic mass is 10.3. The first-order valence-electron chi connectivity index (χ1n) is 5.56. The molecule has 1 N–H and O–H groups in total. The molecule has 1 atom stereocenters. The number of non-ortho nitro benzene ring substituents is 1. The fourth-order valence-corrected chi connectivity index (χ4v) is 3.62. The highest BCUT2D eigenvalue weighted by atomic mass is 35.5. The summed E-state index contributed by atoms with van der Waals surface area (Å²) in [4.78, 5) is 9.57. The number of nitrogens with one attached hydrogen (secondary N) is 1. The maximum atomic E-state index is 12.0. The molecular weight excluding hydrogens is 328 g/mol. The second-order valence-corrected chi connectivity index (χ2v) is 7.71. The smallest absolute Gasteiger partial charge is 0.260 e. The summed E-state index contributed by atoms with van der Waals surface area (Å²) < 4.78 is 37.4. The fourth-order valence-electron chi connectivity index (χ4n) is 1.32. The van der Waals surface area contributed by atoms with Gasteiger partial charge in [0.25, 0.3) is 5.69 Å². The minimum Gasteiger partial charge on any atom is -0.260 e. The molecule has 112 valence electrons. The van der Waals surface area contributed by atoms with Gasteiger partial charge in [-0.05, 0) is 6.07 Å². The van der Waals surface area contributed by atoms with Gasteiger partial charge in [0.05, 0.1) is 9.95 Å². The van der Waals surface area contributed by atoms with Gasteiger partial charge in [0.1, 0.15) is 4.90 Å². The van der Waals surface area contributed by atoms with E-state index < -0.39 is 25.7 Å². The molecule has 0 saturated heterocycles. The van der Waals surface area contributed by atoms with E-state index in [1.165, 1.54) is 0 Å². The molecule has 0 aromatic heterocycles. The molecule has 1 unspecified atom stereocenters. The number of rotatable bonds is 7. The Morgan fingerprint density at radius 1 is 1.45 bits per heavy atom. The molecule has 1 aromatic rings. The maximum Gasteiger partial charge on any atom is 0.270 e. The van der Waals surface area contributed by atoms with Gasteiger partial charge in [-0.25, -0.2) is 13.1 Å². The number of benzene rings is 1. The largest absolute Gasteiger partial charge is 0.270 e. The Kier molecular flexibility index (Phi) is 6.06. The molecule has 0 aliphatic rings. The molecule has 0 aliphatic heterocycles. The van der Waals surface area contributed by atoms with Crippen molar-refractivity contribution >= 4 is 38.1 Å². The SMILES string of the molecule is CCS(=O)CCNS(=O)(=O)c1cc([N+](=O)[O-])ccc1Cl. The van der Waals surface area contributed by atoms with E-state index in [-0.39, 0.29) is 27.9 Å².